The number of hydrogen-bond donors (Lipinski definition) is 2. The van der Waals surface area contributed by atoms with Crippen LogP contribution in [0.15, 0.2) is 6.07 Å². The van der Waals surface area contributed by atoms with Gasteiger partial charge in [-0.15, -0.1) is 0 Å². The van der Waals surface area contributed by atoms with Crippen molar-refractivity contribution in [3.05, 3.63) is 17.5 Å². The predicted octanol–water partition coefficient (Wildman–Crippen LogP) is 2.27. The van der Waals surface area contributed by atoms with E-state index in [-0.39, 0.29) is 16.9 Å². The standard InChI is InChI=1S/C16H29N3O/c1-5-19-13(9-12(2)18-19)10-16(11-17)8-6-7-15(3,4)14(16)20/h9,14,20H,5-8,10-11,17H2,1-4H3. The van der Waals surface area contributed by atoms with E-state index in [9.17, 15) is 5.11 Å². The van der Waals surface area contributed by atoms with Gasteiger partial charge < -0.3 is 10.8 Å². The molecule has 0 amide bonds. The molecule has 2 rings (SSSR count). The van der Waals surface area contributed by atoms with Crippen LogP contribution in [-0.2, 0) is 13.0 Å². The molecule has 0 aliphatic heterocycles. The van der Waals surface area contributed by atoms with Gasteiger partial charge in [-0.3, -0.25) is 4.68 Å². The molecule has 1 aromatic heterocycles. The summed E-state index contributed by atoms with van der Waals surface area (Å²) in [5.41, 5.74) is 8.09. The summed E-state index contributed by atoms with van der Waals surface area (Å²) in [5, 5.41) is 15.4. The summed E-state index contributed by atoms with van der Waals surface area (Å²) in [5.74, 6) is 0. The van der Waals surface area contributed by atoms with Gasteiger partial charge in [0, 0.05) is 24.2 Å². The van der Waals surface area contributed by atoms with Gasteiger partial charge in [0.1, 0.15) is 0 Å². The van der Waals surface area contributed by atoms with Crippen LogP contribution in [0.2, 0.25) is 0 Å². The summed E-state index contributed by atoms with van der Waals surface area (Å²) in [4.78, 5) is 0. The highest BCUT2D eigenvalue weighted by molar-refractivity contribution is 5.14. The molecule has 4 heteroatoms. The number of aliphatic hydroxyl groups is 1. The molecule has 0 radical (unpaired) electrons. The van der Waals surface area contributed by atoms with Crippen molar-refractivity contribution >= 4 is 0 Å². The molecule has 0 bridgehead atoms. The molecule has 3 N–H and O–H groups in total. The van der Waals surface area contributed by atoms with E-state index >= 15 is 0 Å². The highest BCUT2D eigenvalue weighted by atomic mass is 16.3. The van der Waals surface area contributed by atoms with Gasteiger partial charge in [0.15, 0.2) is 0 Å². The quantitative estimate of drug-likeness (QED) is 0.888. The summed E-state index contributed by atoms with van der Waals surface area (Å²) in [7, 11) is 0. The first-order chi connectivity index (χ1) is 9.34. The summed E-state index contributed by atoms with van der Waals surface area (Å²) in [6, 6.07) is 2.13. The van der Waals surface area contributed by atoms with Crippen LogP contribution in [0.1, 0.15) is 51.4 Å². The lowest BCUT2D eigenvalue weighted by Gasteiger charge is -2.49. The first-order valence-electron chi connectivity index (χ1n) is 7.76. The Balaban J connectivity index is 2.31. The third-order valence-electron chi connectivity index (χ3n) is 5.04. The average Bonchev–Trinajstić information content (AvgIpc) is 2.75. The smallest absolute Gasteiger partial charge is 0.0663 e. The fourth-order valence-corrected chi connectivity index (χ4v) is 3.85. The monoisotopic (exact) mass is 279 g/mol. The summed E-state index contributed by atoms with van der Waals surface area (Å²) in [6.07, 6.45) is 3.68. The number of nitrogens with zero attached hydrogens (tertiary/aromatic N) is 2. The molecule has 0 saturated heterocycles. The van der Waals surface area contributed by atoms with Crippen LogP contribution in [0, 0.1) is 17.8 Å². The lowest BCUT2D eigenvalue weighted by atomic mass is 9.59. The minimum absolute atomic E-state index is 0.0519. The molecular weight excluding hydrogens is 250 g/mol. The van der Waals surface area contributed by atoms with Crippen molar-refractivity contribution in [1.82, 2.24) is 9.78 Å². The van der Waals surface area contributed by atoms with Crippen molar-refractivity contribution < 1.29 is 5.11 Å². The Labute approximate surface area is 122 Å². The number of aryl methyl sites for hydroxylation is 2. The predicted molar refractivity (Wildman–Crippen MR) is 81.5 cm³/mol. The Kier molecular flexibility index (Phi) is 4.26. The van der Waals surface area contributed by atoms with E-state index in [1.54, 1.807) is 0 Å². The second kappa shape index (κ2) is 5.49. The molecule has 20 heavy (non-hydrogen) atoms. The molecule has 1 heterocycles. The van der Waals surface area contributed by atoms with Crippen LogP contribution in [0.5, 0.6) is 0 Å². The van der Waals surface area contributed by atoms with Crippen molar-refractivity contribution in [3.63, 3.8) is 0 Å². The molecule has 0 spiro atoms. The van der Waals surface area contributed by atoms with E-state index < -0.39 is 0 Å². The van der Waals surface area contributed by atoms with E-state index in [0.29, 0.717) is 6.54 Å². The normalized spacial score (nSPS) is 29.6. The molecule has 1 saturated carbocycles. The SMILES string of the molecule is CCn1nc(C)cc1CC1(CN)CCCC(C)(C)C1O. The Morgan fingerprint density at radius 1 is 1.45 bits per heavy atom. The van der Waals surface area contributed by atoms with Crippen molar-refractivity contribution in [3.8, 4) is 0 Å². The molecular formula is C16H29N3O. The minimum Gasteiger partial charge on any atom is -0.392 e. The summed E-state index contributed by atoms with van der Waals surface area (Å²) in [6.45, 7) is 9.83. The zero-order valence-electron chi connectivity index (χ0n) is 13.3. The lowest BCUT2D eigenvalue weighted by molar-refractivity contribution is -0.0892. The van der Waals surface area contributed by atoms with Gasteiger partial charge in [-0.2, -0.15) is 5.10 Å². The van der Waals surface area contributed by atoms with Gasteiger partial charge in [0.2, 0.25) is 0 Å². The first kappa shape index (κ1) is 15.5. The second-order valence-electron chi connectivity index (χ2n) is 7.08. The topological polar surface area (TPSA) is 64.1 Å². The number of rotatable bonds is 4. The summed E-state index contributed by atoms with van der Waals surface area (Å²) >= 11 is 0. The maximum absolute atomic E-state index is 10.9. The molecule has 1 aromatic rings. The second-order valence-corrected chi connectivity index (χ2v) is 7.08. The number of nitrogens with two attached hydrogens (primary N) is 1. The minimum atomic E-state index is -0.353. The largest absolute Gasteiger partial charge is 0.392 e. The average molecular weight is 279 g/mol. The molecule has 1 fully saturated rings. The van der Waals surface area contributed by atoms with Crippen LogP contribution in [0.25, 0.3) is 0 Å². The summed E-state index contributed by atoms with van der Waals surface area (Å²) < 4.78 is 2.04. The number of aliphatic hydroxyl groups excluding tert-OH is 1. The molecule has 4 nitrogen and oxygen atoms in total. The number of aromatic nitrogens is 2. The maximum atomic E-state index is 10.9. The molecule has 2 atom stereocenters. The third kappa shape index (κ3) is 2.63. The van der Waals surface area contributed by atoms with Gasteiger partial charge in [-0.05, 0) is 44.6 Å². The molecule has 0 aromatic carbocycles. The first-order valence-corrected chi connectivity index (χ1v) is 7.76. The van der Waals surface area contributed by atoms with E-state index in [4.69, 9.17) is 5.73 Å². The molecule has 1 aliphatic rings. The zero-order chi connectivity index (χ0) is 15.0. The van der Waals surface area contributed by atoms with Gasteiger partial charge in [0.25, 0.3) is 0 Å². The highest BCUT2D eigenvalue weighted by Crippen LogP contribution is 2.47. The molecule has 2 unspecified atom stereocenters. The van der Waals surface area contributed by atoms with Crippen LogP contribution in [0.3, 0.4) is 0 Å². The molecule has 1 aliphatic carbocycles. The number of hydrogen-bond acceptors (Lipinski definition) is 3. The van der Waals surface area contributed by atoms with Crippen LogP contribution >= 0.6 is 0 Å². The van der Waals surface area contributed by atoms with E-state index in [0.717, 1.165) is 37.9 Å². The fourth-order valence-electron chi connectivity index (χ4n) is 3.85. The van der Waals surface area contributed by atoms with E-state index in [1.807, 2.05) is 11.6 Å². The van der Waals surface area contributed by atoms with Crippen molar-refractivity contribution in [1.29, 1.82) is 0 Å². The van der Waals surface area contributed by atoms with Crippen LogP contribution in [0.4, 0.5) is 0 Å². The fraction of sp³-hybridized carbons (Fsp3) is 0.812. The molecule has 114 valence electrons. The van der Waals surface area contributed by atoms with Gasteiger partial charge >= 0.3 is 0 Å². The van der Waals surface area contributed by atoms with Gasteiger partial charge in [-0.1, -0.05) is 20.3 Å². The Hall–Kier alpha value is -0.870. The van der Waals surface area contributed by atoms with E-state index in [1.165, 1.54) is 5.69 Å². The van der Waals surface area contributed by atoms with Crippen molar-refractivity contribution in [2.75, 3.05) is 6.54 Å². The lowest BCUT2D eigenvalue weighted by Crippen LogP contribution is -2.53. The third-order valence-corrected chi connectivity index (χ3v) is 5.04. The van der Waals surface area contributed by atoms with Crippen molar-refractivity contribution in [2.24, 2.45) is 16.6 Å². The van der Waals surface area contributed by atoms with Crippen LogP contribution < -0.4 is 5.73 Å². The zero-order valence-corrected chi connectivity index (χ0v) is 13.3. The van der Waals surface area contributed by atoms with Gasteiger partial charge in [-0.25, -0.2) is 0 Å². The highest BCUT2D eigenvalue weighted by Gasteiger charge is 2.48. The Morgan fingerprint density at radius 2 is 2.15 bits per heavy atom. The Morgan fingerprint density at radius 3 is 2.75 bits per heavy atom. The van der Waals surface area contributed by atoms with Crippen LogP contribution in [-0.4, -0.2) is 27.5 Å². The van der Waals surface area contributed by atoms with E-state index in [2.05, 4.69) is 31.9 Å². The van der Waals surface area contributed by atoms with Crippen molar-refractivity contribution in [2.45, 2.75) is 66.0 Å². The van der Waals surface area contributed by atoms with Gasteiger partial charge in [0.05, 0.1) is 11.8 Å². The Bertz CT molecular complexity index is 466. The maximum Gasteiger partial charge on any atom is 0.0663 e.